The van der Waals surface area contributed by atoms with E-state index in [1.807, 2.05) is 57.2 Å². The van der Waals surface area contributed by atoms with E-state index < -0.39 is 0 Å². The molecule has 0 fully saturated rings. The lowest BCUT2D eigenvalue weighted by Crippen LogP contribution is -2.01. The molecule has 0 aliphatic rings. The highest BCUT2D eigenvalue weighted by atomic mass is 16.3. The summed E-state index contributed by atoms with van der Waals surface area (Å²) in [4.78, 5) is 0. The summed E-state index contributed by atoms with van der Waals surface area (Å²) in [5, 5.41) is 4.66. The molecule has 20 heavy (non-hydrogen) atoms. The second-order valence-corrected chi connectivity index (χ2v) is 4.93. The van der Waals surface area contributed by atoms with Gasteiger partial charge in [-0.15, -0.1) is 0 Å². The molecule has 3 aromatic rings. The van der Waals surface area contributed by atoms with Gasteiger partial charge in [0.25, 0.3) is 0 Å². The van der Waals surface area contributed by atoms with Crippen LogP contribution in [-0.4, -0.2) is 9.78 Å². The van der Waals surface area contributed by atoms with Gasteiger partial charge in [-0.25, -0.2) is 4.68 Å². The number of para-hydroxylation sites is 1. The average Bonchev–Trinajstić information content (AvgIpc) is 2.92. The Morgan fingerprint density at radius 2 is 1.80 bits per heavy atom. The molecule has 4 nitrogen and oxygen atoms in total. The van der Waals surface area contributed by atoms with E-state index >= 15 is 0 Å². The number of anilines is 1. The topological polar surface area (TPSA) is 57.0 Å². The molecule has 0 bridgehead atoms. The van der Waals surface area contributed by atoms with Crippen molar-refractivity contribution in [3.05, 3.63) is 53.5 Å². The van der Waals surface area contributed by atoms with E-state index in [0.717, 1.165) is 34.0 Å². The number of hydrogen-bond donors (Lipinski definition) is 1. The summed E-state index contributed by atoms with van der Waals surface area (Å²) in [5.74, 6) is 2.40. The van der Waals surface area contributed by atoms with Gasteiger partial charge in [0.05, 0.1) is 5.69 Å². The Hall–Kier alpha value is -2.49. The maximum absolute atomic E-state index is 6.20. The van der Waals surface area contributed by atoms with Crippen LogP contribution < -0.4 is 5.73 Å². The molecule has 2 aromatic heterocycles. The second-order valence-electron chi connectivity index (χ2n) is 4.93. The van der Waals surface area contributed by atoms with Gasteiger partial charge in [0, 0.05) is 11.1 Å². The molecule has 1 aromatic carbocycles. The highest BCUT2D eigenvalue weighted by Gasteiger charge is 2.18. The number of benzene rings is 1. The highest BCUT2D eigenvalue weighted by Crippen LogP contribution is 2.32. The van der Waals surface area contributed by atoms with Crippen molar-refractivity contribution in [1.29, 1.82) is 0 Å². The summed E-state index contributed by atoms with van der Waals surface area (Å²) in [7, 11) is 0. The Morgan fingerprint density at radius 1 is 1.10 bits per heavy atom. The van der Waals surface area contributed by atoms with Crippen LogP contribution in [0.25, 0.3) is 16.9 Å². The van der Waals surface area contributed by atoms with E-state index in [1.165, 1.54) is 0 Å². The lowest BCUT2D eigenvalue weighted by molar-refractivity contribution is 0.505. The minimum Gasteiger partial charge on any atom is -0.466 e. The van der Waals surface area contributed by atoms with E-state index in [9.17, 15) is 0 Å². The minimum atomic E-state index is 0.657. The molecule has 3 rings (SSSR count). The monoisotopic (exact) mass is 267 g/mol. The molecule has 102 valence electrons. The van der Waals surface area contributed by atoms with Crippen molar-refractivity contribution in [2.75, 3.05) is 5.73 Å². The van der Waals surface area contributed by atoms with Gasteiger partial charge in [0.2, 0.25) is 0 Å². The zero-order valence-corrected chi connectivity index (χ0v) is 11.8. The van der Waals surface area contributed by atoms with Crippen molar-refractivity contribution in [1.82, 2.24) is 9.78 Å². The molecule has 0 amide bonds. The zero-order chi connectivity index (χ0) is 14.3. The average molecular weight is 267 g/mol. The molecule has 0 aliphatic heterocycles. The van der Waals surface area contributed by atoms with E-state index in [1.54, 1.807) is 4.68 Å². The van der Waals surface area contributed by atoms with E-state index in [2.05, 4.69) is 5.10 Å². The fourth-order valence-electron chi connectivity index (χ4n) is 2.40. The number of nitrogens with two attached hydrogens (primary N) is 1. The Labute approximate surface area is 117 Å². The van der Waals surface area contributed by atoms with Crippen molar-refractivity contribution in [3.63, 3.8) is 0 Å². The summed E-state index contributed by atoms with van der Waals surface area (Å²) < 4.78 is 7.36. The lowest BCUT2D eigenvalue weighted by atomic mass is 10.1. The third-order valence-electron chi connectivity index (χ3n) is 3.46. The van der Waals surface area contributed by atoms with Gasteiger partial charge >= 0.3 is 0 Å². The number of nitrogens with zero attached hydrogens (tertiary/aromatic N) is 2. The smallest absolute Gasteiger partial charge is 0.130 e. The predicted octanol–water partition coefficient (Wildman–Crippen LogP) is 3.64. The Kier molecular flexibility index (Phi) is 2.86. The van der Waals surface area contributed by atoms with Crippen molar-refractivity contribution in [3.8, 4) is 16.9 Å². The first kappa shape index (κ1) is 12.5. The number of aryl methyl sites for hydroxylation is 2. The normalized spacial score (nSPS) is 10.9. The molecule has 0 atom stereocenters. The van der Waals surface area contributed by atoms with Crippen molar-refractivity contribution < 1.29 is 4.42 Å². The molecular formula is C16H17N3O. The van der Waals surface area contributed by atoms with E-state index in [4.69, 9.17) is 10.2 Å². The molecule has 0 saturated heterocycles. The Balaban J connectivity index is 2.18. The van der Waals surface area contributed by atoms with Crippen LogP contribution in [0.2, 0.25) is 0 Å². The largest absolute Gasteiger partial charge is 0.466 e. The number of furan rings is 1. The van der Waals surface area contributed by atoms with Gasteiger partial charge in [-0.05, 0) is 39.0 Å². The van der Waals surface area contributed by atoms with Crippen molar-refractivity contribution in [2.24, 2.45) is 0 Å². The maximum Gasteiger partial charge on any atom is 0.130 e. The molecule has 0 aliphatic carbocycles. The molecular weight excluding hydrogens is 250 g/mol. The van der Waals surface area contributed by atoms with Crippen LogP contribution in [0.3, 0.4) is 0 Å². The zero-order valence-electron chi connectivity index (χ0n) is 11.8. The maximum atomic E-state index is 6.20. The first-order chi connectivity index (χ1) is 9.58. The number of nitrogen functional groups attached to an aromatic ring is 1. The van der Waals surface area contributed by atoms with Crippen LogP contribution in [0, 0.1) is 20.8 Å². The fourth-order valence-corrected chi connectivity index (χ4v) is 2.40. The summed E-state index contributed by atoms with van der Waals surface area (Å²) in [6.07, 6.45) is 0. The van der Waals surface area contributed by atoms with Gasteiger partial charge in [0.15, 0.2) is 0 Å². The molecule has 2 N–H and O–H groups in total. The molecule has 0 spiro atoms. The van der Waals surface area contributed by atoms with Gasteiger partial charge in [0.1, 0.15) is 23.0 Å². The van der Waals surface area contributed by atoms with E-state index in [0.29, 0.717) is 5.82 Å². The van der Waals surface area contributed by atoms with Crippen LogP contribution in [0.5, 0.6) is 0 Å². The third kappa shape index (κ3) is 1.90. The first-order valence-electron chi connectivity index (χ1n) is 6.56. The number of hydrogen-bond acceptors (Lipinski definition) is 3. The molecule has 0 saturated carbocycles. The Bertz CT molecular complexity index is 754. The van der Waals surface area contributed by atoms with Crippen LogP contribution in [0.15, 0.2) is 40.8 Å². The summed E-state index contributed by atoms with van der Waals surface area (Å²) in [6, 6.07) is 11.9. The standard InChI is InChI=1S/C16H17N3O/c1-10-9-14(12(3)20-10)15-11(2)16(17)19(18-15)13-7-5-4-6-8-13/h4-9H,17H2,1-3H3. The Morgan fingerprint density at radius 3 is 2.40 bits per heavy atom. The lowest BCUT2D eigenvalue weighted by Gasteiger charge is -2.02. The minimum absolute atomic E-state index is 0.657. The number of rotatable bonds is 2. The first-order valence-corrected chi connectivity index (χ1v) is 6.56. The SMILES string of the molecule is Cc1cc(-c2nn(-c3ccccc3)c(N)c2C)c(C)o1. The quantitative estimate of drug-likeness (QED) is 0.771. The van der Waals surface area contributed by atoms with Crippen LogP contribution in [-0.2, 0) is 0 Å². The predicted molar refractivity (Wildman–Crippen MR) is 79.9 cm³/mol. The summed E-state index contributed by atoms with van der Waals surface area (Å²) in [6.45, 7) is 5.86. The van der Waals surface area contributed by atoms with Gasteiger partial charge in [-0.3, -0.25) is 0 Å². The van der Waals surface area contributed by atoms with Crippen LogP contribution >= 0.6 is 0 Å². The van der Waals surface area contributed by atoms with E-state index in [-0.39, 0.29) is 0 Å². The van der Waals surface area contributed by atoms with Crippen molar-refractivity contribution in [2.45, 2.75) is 20.8 Å². The molecule has 2 heterocycles. The van der Waals surface area contributed by atoms with Crippen LogP contribution in [0.1, 0.15) is 17.1 Å². The molecule has 0 radical (unpaired) electrons. The second kappa shape index (κ2) is 4.56. The van der Waals surface area contributed by atoms with Crippen LogP contribution in [0.4, 0.5) is 5.82 Å². The number of aromatic nitrogens is 2. The molecule has 0 unspecified atom stereocenters. The fraction of sp³-hybridized carbons (Fsp3) is 0.188. The van der Waals surface area contributed by atoms with Gasteiger partial charge in [-0.1, -0.05) is 18.2 Å². The summed E-state index contributed by atoms with van der Waals surface area (Å²) in [5.41, 5.74) is 10.0. The van der Waals surface area contributed by atoms with Gasteiger partial charge < -0.3 is 10.2 Å². The van der Waals surface area contributed by atoms with Crippen molar-refractivity contribution >= 4 is 5.82 Å². The highest BCUT2D eigenvalue weighted by molar-refractivity contribution is 5.71. The molecule has 4 heteroatoms. The van der Waals surface area contributed by atoms with Gasteiger partial charge in [-0.2, -0.15) is 5.10 Å². The third-order valence-corrected chi connectivity index (χ3v) is 3.46. The summed E-state index contributed by atoms with van der Waals surface area (Å²) >= 11 is 0.